The topological polar surface area (TPSA) is 142 Å². The van der Waals surface area contributed by atoms with Gasteiger partial charge < -0.3 is 10.3 Å². The van der Waals surface area contributed by atoms with Crippen molar-refractivity contribution in [1.29, 1.82) is 5.26 Å². The van der Waals surface area contributed by atoms with E-state index in [2.05, 4.69) is 31.3 Å². The van der Waals surface area contributed by atoms with E-state index in [-0.39, 0.29) is 29.1 Å². The fourth-order valence-corrected chi connectivity index (χ4v) is 3.79. The van der Waals surface area contributed by atoms with Crippen LogP contribution in [0.2, 0.25) is 0 Å². The summed E-state index contributed by atoms with van der Waals surface area (Å²) in [5.74, 6) is 1.56. The van der Waals surface area contributed by atoms with Gasteiger partial charge in [-0.25, -0.2) is 19.9 Å². The lowest BCUT2D eigenvalue weighted by atomic mass is 10.1. The zero-order chi connectivity index (χ0) is 24.4. The molecular weight excluding hydrogens is 444 g/mol. The molecule has 0 saturated carbocycles. The van der Waals surface area contributed by atoms with Crippen LogP contribution in [0.3, 0.4) is 0 Å². The zero-order valence-electron chi connectivity index (χ0n) is 18.6. The Morgan fingerprint density at radius 1 is 1.03 bits per heavy atom. The normalized spacial score (nSPS) is 10.7. The third kappa shape index (κ3) is 4.14. The first-order valence-corrected chi connectivity index (χ1v) is 10.7. The minimum atomic E-state index is -0.322. The minimum absolute atomic E-state index is 0.121. The van der Waals surface area contributed by atoms with Gasteiger partial charge in [0.25, 0.3) is 11.1 Å². The first-order valence-electron chi connectivity index (χ1n) is 10.7. The number of H-pyrrole nitrogens is 1. The highest BCUT2D eigenvalue weighted by Crippen LogP contribution is 2.23. The Bertz CT molecular complexity index is 1720. The van der Waals surface area contributed by atoms with Gasteiger partial charge >= 0.3 is 0 Å². The Morgan fingerprint density at radius 3 is 2.63 bits per heavy atom. The molecule has 0 aliphatic rings. The lowest BCUT2D eigenvalue weighted by Gasteiger charge is -2.16. The molecule has 5 rings (SSSR count). The molecule has 2 N–H and O–H groups in total. The van der Waals surface area contributed by atoms with Gasteiger partial charge in [-0.1, -0.05) is 30.3 Å². The minimum Gasteiger partial charge on any atom is -0.362 e. The number of hydrogen-bond acceptors (Lipinski definition) is 8. The fourth-order valence-electron chi connectivity index (χ4n) is 3.79. The van der Waals surface area contributed by atoms with Crippen LogP contribution in [-0.4, -0.2) is 29.5 Å². The lowest BCUT2D eigenvalue weighted by Crippen LogP contribution is -2.26. The van der Waals surface area contributed by atoms with Crippen LogP contribution >= 0.6 is 0 Å². The first kappa shape index (κ1) is 21.7. The maximum atomic E-state index is 13.9. The fraction of sp³-hybridized carbons (Fsp3) is 0.0800. The Morgan fingerprint density at radius 2 is 1.86 bits per heavy atom. The second-order valence-electron chi connectivity index (χ2n) is 7.63. The standard InChI is InChI=1S/C25H18N8O2/c1-15-28-13-16(12-26)23(30-15)29-14-20-31-19-9-5-8-18(24-27-11-10-21(34)32-24)22(19)25(35)33(20)17-6-3-2-4-7-17/h2-11,13H,14H2,1H3,(H,27,32,34)(H,28,29,30). The molecule has 3 heterocycles. The average Bonchev–Trinajstić information content (AvgIpc) is 2.87. The number of nitriles is 1. The molecule has 35 heavy (non-hydrogen) atoms. The number of fused-ring (bicyclic) bond motifs is 1. The number of hydrogen-bond donors (Lipinski definition) is 2. The van der Waals surface area contributed by atoms with Crippen LogP contribution in [0.1, 0.15) is 17.2 Å². The number of nitrogens with zero attached hydrogens (tertiary/aromatic N) is 6. The van der Waals surface area contributed by atoms with Crippen molar-refractivity contribution in [2.24, 2.45) is 0 Å². The highest BCUT2D eigenvalue weighted by molar-refractivity contribution is 5.92. The second kappa shape index (κ2) is 8.99. The third-order valence-corrected chi connectivity index (χ3v) is 5.35. The number of aromatic nitrogens is 6. The van der Waals surface area contributed by atoms with E-state index in [9.17, 15) is 14.9 Å². The van der Waals surface area contributed by atoms with E-state index in [0.29, 0.717) is 39.6 Å². The van der Waals surface area contributed by atoms with Crippen LogP contribution in [0.4, 0.5) is 5.82 Å². The van der Waals surface area contributed by atoms with Crippen molar-refractivity contribution >= 4 is 16.7 Å². The van der Waals surface area contributed by atoms with E-state index in [4.69, 9.17) is 4.98 Å². The number of aromatic amines is 1. The number of rotatable bonds is 5. The Kier molecular flexibility index (Phi) is 5.57. The van der Waals surface area contributed by atoms with Crippen molar-refractivity contribution in [3.05, 3.63) is 105 Å². The molecule has 0 bridgehead atoms. The van der Waals surface area contributed by atoms with E-state index in [1.165, 1.54) is 23.0 Å². The molecule has 0 radical (unpaired) electrons. The van der Waals surface area contributed by atoms with Crippen molar-refractivity contribution in [1.82, 2.24) is 29.5 Å². The van der Waals surface area contributed by atoms with Crippen molar-refractivity contribution in [2.75, 3.05) is 5.32 Å². The summed E-state index contributed by atoms with van der Waals surface area (Å²) in [6.07, 6.45) is 2.84. The van der Waals surface area contributed by atoms with E-state index < -0.39 is 0 Å². The summed E-state index contributed by atoms with van der Waals surface area (Å²) >= 11 is 0. The summed E-state index contributed by atoms with van der Waals surface area (Å²) in [5, 5.41) is 12.9. The largest absolute Gasteiger partial charge is 0.362 e. The highest BCUT2D eigenvalue weighted by Gasteiger charge is 2.18. The molecule has 170 valence electrons. The molecule has 10 heteroatoms. The van der Waals surface area contributed by atoms with E-state index in [0.717, 1.165) is 0 Å². The zero-order valence-corrected chi connectivity index (χ0v) is 18.6. The summed E-state index contributed by atoms with van der Waals surface area (Å²) < 4.78 is 1.50. The van der Waals surface area contributed by atoms with Crippen LogP contribution in [-0.2, 0) is 6.54 Å². The van der Waals surface area contributed by atoms with Crippen molar-refractivity contribution in [3.63, 3.8) is 0 Å². The van der Waals surface area contributed by atoms with Crippen LogP contribution in [0.15, 0.2) is 76.6 Å². The molecule has 0 fully saturated rings. The van der Waals surface area contributed by atoms with Crippen molar-refractivity contribution < 1.29 is 0 Å². The smallest absolute Gasteiger partial charge is 0.266 e. The van der Waals surface area contributed by atoms with Crippen LogP contribution in [0, 0.1) is 18.3 Å². The summed E-state index contributed by atoms with van der Waals surface area (Å²) in [7, 11) is 0. The maximum absolute atomic E-state index is 13.9. The second-order valence-corrected chi connectivity index (χ2v) is 7.63. The summed E-state index contributed by atoms with van der Waals surface area (Å²) in [4.78, 5) is 45.9. The monoisotopic (exact) mass is 462 g/mol. The quantitative estimate of drug-likeness (QED) is 0.406. The SMILES string of the molecule is Cc1ncc(C#N)c(NCc2nc3cccc(-c4nccc(=O)[nH]4)c3c(=O)n2-c2ccccc2)n1. The van der Waals surface area contributed by atoms with E-state index in [1.54, 1.807) is 37.3 Å². The average molecular weight is 462 g/mol. The van der Waals surface area contributed by atoms with Gasteiger partial charge in [-0.05, 0) is 25.1 Å². The predicted molar refractivity (Wildman–Crippen MR) is 130 cm³/mol. The molecule has 0 saturated heterocycles. The van der Waals surface area contributed by atoms with E-state index in [1.807, 2.05) is 18.2 Å². The molecule has 0 aliphatic heterocycles. The van der Waals surface area contributed by atoms with Gasteiger partial charge in [0, 0.05) is 17.8 Å². The molecule has 5 aromatic rings. The van der Waals surface area contributed by atoms with Gasteiger partial charge in [0.05, 0.1) is 29.3 Å². The molecule has 0 amide bonds. The number of benzene rings is 2. The number of nitrogens with one attached hydrogen (secondary N) is 2. The molecule has 10 nitrogen and oxygen atoms in total. The first-order chi connectivity index (χ1) is 17.0. The number of anilines is 1. The predicted octanol–water partition coefficient (Wildman–Crippen LogP) is 2.72. The Balaban J connectivity index is 1.72. The van der Waals surface area contributed by atoms with Crippen LogP contribution in [0.5, 0.6) is 0 Å². The highest BCUT2D eigenvalue weighted by atomic mass is 16.1. The summed E-state index contributed by atoms with van der Waals surface area (Å²) in [6, 6.07) is 17.7. The van der Waals surface area contributed by atoms with Gasteiger partial charge in [0.2, 0.25) is 0 Å². The molecule has 3 aromatic heterocycles. The van der Waals surface area contributed by atoms with Gasteiger partial charge in [-0.3, -0.25) is 14.2 Å². The molecule has 0 atom stereocenters. The molecular formula is C25H18N8O2. The van der Waals surface area contributed by atoms with Gasteiger partial charge in [-0.2, -0.15) is 5.26 Å². The van der Waals surface area contributed by atoms with E-state index >= 15 is 0 Å². The van der Waals surface area contributed by atoms with Gasteiger partial charge in [-0.15, -0.1) is 0 Å². The van der Waals surface area contributed by atoms with Crippen molar-refractivity contribution in [3.8, 4) is 23.1 Å². The van der Waals surface area contributed by atoms with Crippen LogP contribution in [0.25, 0.3) is 28.0 Å². The lowest BCUT2D eigenvalue weighted by molar-refractivity contribution is 0.834. The summed E-state index contributed by atoms with van der Waals surface area (Å²) in [5.41, 5.74) is 1.18. The molecule has 0 spiro atoms. The number of para-hydroxylation sites is 1. The van der Waals surface area contributed by atoms with Gasteiger partial charge in [0.1, 0.15) is 34.9 Å². The van der Waals surface area contributed by atoms with Gasteiger partial charge in [0.15, 0.2) is 0 Å². The molecule has 0 aliphatic carbocycles. The van der Waals surface area contributed by atoms with Crippen molar-refractivity contribution in [2.45, 2.75) is 13.5 Å². The Labute approximate surface area is 198 Å². The number of aryl methyl sites for hydroxylation is 1. The molecule has 0 unspecified atom stereocenters. The Hall–Kier alpha value is -5.17. The maximum Gasteiger partial charge on any atom is 0.266 e. The third-order valence-electron chi connectivity index (χ3n) is 5.35. The summed E-state index contributed by atoms with van der Waals surface area (Å²) in [6.45, 7) is 1.85. The molecule has 2 aromatic carbocycles. The van der Waals surface area contributed by atoms with Crippen LogP contribution < -0.4 is 16.4 Å².